The number of nitrogens with two attached hydrogens (primary N) is 1. The minimum absolute atomic E-state index is 0.159. The topological polar surface area (TPSA) is 83.2 Å². The Hall–Kier alpha value is -0.240. The van der Waals surface area contributed by atoms with Gasteiger partial charge in [-0.2, -0.15) is 0 Å². The molecule has 2 rings (SSSR count). The van der Waals surface area contributed by atoms with Crippen molar-refractivity contribution in [3.05, 3.63) is 0 Å². The summed E-state index contributed by atoms with van der Waals surface area (Å²) >= 11 is 0. The van der Waals surface area contributed by atoms with Crippen LogP contribution in [0.1, 0.15) is 13.8 Å². The van der Waals surface area contributed by atoms with Gasteiger partial charge in [-0.05, 0) is 13.8 Å². The van der Waals surface area contributed by atoms with Gasteiger partial charge in [0.25, 0.3) is 0 Å². The molecule has 0 spiro atoms. The minimum Gasteiger partial charge on any atom is -0.394 e. The van der Waals surface area contributed by atoms with Gasteiger partial charge >= 0.3 is 0 Å². The Morgan fingerprint density at radius 3 is 2.50 bits per heavy atom. The van der Waals surface area contributed by atoms with Crippen LogP contribution in [-0.4, -0.2) is 55.3 Å². The Labute approximate surface area is 94.6 Å². The van der Waals surface area contributed by atoms with Gasteiger partial charge in [-0.15, -0.1) is 0 Å². The average molecular weight is 233 g/mol. The lowest BCUT2D eigenvalue weighted by atomic mass is 9.97. The van der Waals surface area contributed by atoms with Crippen molar-refractivity contribution < 1.29 is 24.1 Å². The quantitative estimate of drug-likeness (QED) is 0.649. The third kappa shape index (κ3) is 1.97. The maximum atomic E-state index is 9.17. The predicted molar refractivity (Wildman–Crippen MR) is 54.6 cm³/mol. The highest BCUT2D eigenvalue weighted by Gasteiger charge is 2.54. The molecule has 0 saturated carbocycles. The average Bonchev–Trinajstić information content (AvgIpc) is 2.55. The third-order valence-corrected chi connectivity index (χ3v) is 2.96. The van der Waals surface area contributed by atoms with E-state index in [1.54, 1.807) is 0 Å². The Kier molecular flexibility index (Phi) is 3.22. The molecule has 0 radical (unpaired) electrons. The molecule has 5 atom stereocenters. The van der Waals surface area contributed by atoms with Gasteiger partial charge in [0.15, 0.2) is 12.1 Å². The summed E-state index contributed by atoms with van der Waals surface area (Å²) in [6.45, 7) is 3.48. The molecular formula is C10H19NO5. The number of rotatable bonds is 2. The van der Waals surface area contributed by atoms with Crippen LogP contribution in [0.3, 0.4) is 0 Å². The van der Waals surface area contributed by atoms with Crippen molar-refractivity contribution in [2.75, 3.05) is 13.7 Å². The highest BCUT2D eigenvalue weighted by Crippen LogP contribution is 2.36. The van der Waals surface area contributed by atoms with Gasteiger partial charge in [0.1, 0.15) is 18.3 Å². The van der Waals surface area contributed by atoms with E-state index in [0.29, 0.717) is 0 Å². The molecule has 2 fully saturated rings. The van der Waals surface area contributed by atoms with E-state index in [9.17, 15) is 0 Å². The zero-order valence-corrected chi connectivity index (χ0v) is 9.75. The van der Waals surface area contributed by atoms with Crippen LogP contribution in [0.4, 0.5) is 0 Å². The Morgan fingerprint density at radius 2 is 1.94 bits per heavy atom. The molecule has 94 valence electrons. The van der Waals surface area contributed by atoms with Crippen molar-refractivity contribution >= 4 is 0 Å². The molecule has 0 aromatic rings. The second kappa shape index (κ2) is 4.21. The van der Waals surface area contributed by atoms with Crippen LogP contribution in [0, 0.1) is 0 Å². The van der Waals surface area contributed by atoms with Crippen LogP contribution in [-0.2, 0) is 18.9 Å². The highest BCUT2D eigenvalue weighted by atomic mass is 16.8. The molecule has 0 aromatic carbocycles. The molecule has 0 aromatic heterocycles. The number of hydrogen-bond acceptors (Lipinski definition) is 6. The number of hydrogen-bond donors (Lipinski definition) is 2. The van der Waals surface area contributed by atoms with Crippen LogP contribution >= 0.6 is 0 Å². The normalized spacial score (nSPS) is 46.7. The van der Waals surface area contributed by atoms with Crippen LogP contribution < -0.4 is 5.73 Å². The summed E-state index contributed by atoms with van der Waals surface area (Å²) in [6, 6.07) is -0.414. The first-order valence-electron chi connectivity index (χ1n) is 5.39. The van der Waals surface area contributed by atoms with Crippen LogP contribution in [0.2, 0.25) is 0 Å². The lowest BCUT2D eigenvalue weighted by Crippen LogP contribution is -2.61. The fourth-order valence-electron chi connectivity index (χ4n) is 2.23. The molecule has 2 saturated heterocycles. The third-order valence-electron chi connectivity index (χ3n) is 2.96. The first kappa shape index (κ1) is 12.2. The molecule has 6 heteroatoms. The maximum absolute atomic E-state index is 9.17. The number of fused-ring (bicyclic) bond motifs is 1. The van der Waals surface area contributed by atoms with E-state index in [1.807, 2.05) is 13.8 Å². The highest BCUT2D eigenvalue weighted by molar-refractivity contribution is 4.98. The van der Waals surface area contributed by atoms with Crippen LogP contribution in [0.25, 0.3) is 0 Å². The minimum atomic E-state index is -0.697. The van der Waals surface area contributed by atoms with E-state index in [2.05, 4.69) is 0 Å². The Bertz CT molecular complexity index is 260. The van der Waals surface area contributed by atoms with E-state index < -0.39 is 24.2 Å². The van der Waals surface area contributed by atoms with E-state index in [-0.39, 0.29) is 18.8 Å². The smallest absolute Gasteiger partial charge is 0.186 e. The van der Waals surface area contributed by atoms with Gasteiger partial charge in [-0.25, -0.2) is 0 Å². The molecule has 2 aliphatic heterocycles. The van der Waals surface area contributed by atoms with E-state index in [0.717, 1.165) is 0 Å². The Morgan fingerprint density at radius 1 is 1.31 bits per heavy atom. The van der Waals surface area contributed by atoms with Crippen molar-refractivity contribution in [2.24, 2.45) is 5.73 Å². The summed E-state index contributed by atoms with van der Waals surface area (Å²) < 4.78 is 22.1. The van der Waals surface area contributed by atoms with Crippen molar-refractivity contribution in [1.82, 2.24) is 0 Å². The number of ether oxygens (including phenoxy) is 4. The maximum Gasteiger partial charge on any atom is 0.186 e. The van der Waals surface area contributed by atoms with Crippen LogP contribution in [0.5, 0.6) is 0 Å². The molecule has 3 N–H and O–H groups in total. The van der Waals surface area contributed by atoms with E-state index in [4.69, 9.17) is 29.8 Å². The molecule has 6 nitrogen and oxygen atoms in total. The fourth-order valence-corrected chi connectivity index (χ4v) is 2.23. The van der Waals surface area contributed by atoms with Gasteiger partial charge in [0, 0.05) is 7.11 Å². The number of aliphatic hydroxyl groups excluding tert-OH is 1. The second-order valence-corrected chi connectivity index (χ2v) is 4.60. The van der Waals surface area contributed by atoms with Gasteiger partial charge in [0.2, 0.25) is 0 Å². The van der Waals surface area contributed by atoms with Gasteiger partial charge in [-0.1, -0.05) is 0 Å². The lowest BCUT2D eigenvalue weighted by Gasteiger charge is -2.39. The zero-order valence-electron chi connectivity index (χ0n) is 9.75. The molecule has 0 aliphatic carbocycles. The predicted octanol–water partition coefficient (Wildman–Crippen LogP) is -0.803. The monoisotopic (exact) mass is 233 g/mol. The molecule has 16 heavy (non-hydrogen) atoms. The van der Waals surface area contributed by atoms with Crippen molar-refractivity contribution in [2.45, 2.75) is 50.3 Å². The molecular weight excluding hydrogens is 214 g/mol. The van der Waals surface area contributed by atoms with Gasteiger partial charge < -0.3 is 29.8 Å². The number of methoxy groups -OCH3 is 1. The van der Waals surface area contributed by atoms with Crippen molar-refractivity contribution in [3.8, 4) is 0 Å². The zero-order chi connectivity index (χ0) is 11.9. The van der Waals surface area contributed by atoms with Crippen LogP contribution in [0.15, 0.2) is 0 Å². The molecule has 0 unspecified atom stereocenters. The summed E-state index contributed by atoms with van der Waals surface area (Å²) in [7, 11) is 1.53. The summed E-state index contributed by atoms with van der Waals surface area (Å²) in [5.41, 5.74) is 5.97. The number of aliphatic hydroxyl groups is 1. The fraction of sp³-hybridized carbons (Fsp3) is 1.00. The SMILES string of the molecule is CO[C@@H]1O[C@@H](CO)[C@@H](N)[C@H]2OC(C)(C)O[C@@H]12. The standard InChI is InChI=1S/C10H19NO5/c1-10(2)15-7-6(11)5(4-12)14-9(13-3)8(7)16-10/h5-9,12H,4,11H2,1-3H3/t5-,6+,7+,8+,9+/m0/s1. The first-order valence-corrected chi connectivity index (χ1v) is 5.39. The van der Waals surface area contributed by atoms with Crippen molar-refractivity contribution in [1.29, 1.82) is 0 Å². The summed E-state index contributed by atoms with van der Waals surface area (Å²) in [5, 5.41) is 9.17. The second-order valence-electron chi connectivity index (χ2n) is 4.60. The van der Waals surface area contributed by atoms with Gasteiger partial charge in [-0.3, -0.25) is 0 Å². The summed E-state index contributed by atoms with van der Waals surface area (Å²) in [6.07, 6.45) is -1.70. The van der Waals surface area contributed by atoms with Crippen molar-refractivity contribution in [3.63, 3.8) is 0 Å². The molecule has 0 amide bonds. The summed E-state index contributed by atoms with van der Waals surface area (Å²) in [5.74, 6) is -0.697. The molecule has 2 heterocycles. The molecule has 2 aliphatic rings. The first-order chi connectivity index (χ1) is 7.48. The largest absolute Gasteiger partial charge is 0.394 e. The Balaban J connectivity index is 2.18. The van der Waals surface area contributed by atoms with E-state index >= 15 is 0 Å². The molecule has 0 bridgehead atoms. The van der Waals surface area contributed by atoms with E-state index in [1.165, 1.54) is 7.11 Å². The summed E-state index contributed by atoms with van der Waals surface area (Å²) in [4.78, 5) is 0. The van der Waals surface area contributed by atoms with Gasteiger partial charge in [0.05, 0.1) is 12.6 Å². The lowest BCUT2D eigenvalue weighted by molar-refractivity contribution is -0.250.